The van der Waals surface area contributed by atoms with E-state index < -0.39 is 0 Å². The van der Waals surface area contributed by atoms with Crippen molar-refractivity contribution < 1.29 is 40.7 Å². The van der Waals surface area contributed by atoms with E-state index in [9.17, 15) is 0 Å². The van der Waals surface area contributed by atoms with Crippen molar-refractivity contribution in [1.82, 2.24) is 4.57 Å². The van der Waals surface area contributed by atoms with Crippen LogP contribution in [0.1, 0.15) is 38.9 Å². The highest BCUT2D eigenvalue weighted by atomic mass is 35.5. The smallest absolute Gasteiger partial charge is 0.243 e. The summed E-state index contributed by atoms with van der Waals surface area (Å²) >= 11 is 0. The van der Waals surface area contributed by atoms with Gasteiger partial charge in [0.15, 0.2) is 23.0 Å². The van der Waals surface area contributed by atoms with Gasteiger partial charge in [-0.25, -0.2) is 9.13 Å². The first-order chi connectivity index (χ1) is 18.5. The molecule has 4 aromatic rings. The summed E-state index contributed by atoms with van der Waals surface area (Å²) in [6.07, 6.45) is 8.45. The summed E-state index contributed by atoms with van der Waals surface area (Å²) in [7, 11) is 10.5. The van der Waals surface area contributed by atoms with Crippen LogP contribution in [0.4, 0.5) is 0 Å². The molecule has 0 amide bonds. The molecule has 1 aliphatic rings. The first-order valence-electron chi connectivity index (χ1n) is 12.6. The quantitative estimate of drug-likeness (QED) is 0.288. The number of ether oxygens (including phenoxy) is 5. The van der Waals surface area contributed by atoms with Gasteiger partial charge in [-0.15, -0.1) is 0 Å². The molecule has 3 aromatic carbocycles. The number of rotatable bonds is 7. The van der Waals surface area contributed by atoms with Gasteiger partial charge < -0.3 is 36.1 Å². The Balaban J connectivity index is 0.00000353. The summed E-state index contributed by atoms with van der Waals surface area (Å²) in [4.78, 5) is 0. The van der Waals surface area contributed by atoms with Gasteiger partial charge in [0.25, 0.3) is 0 Å². The summed E-state index contributed by atoms with van der Waals surface area (Å²) in [6, 6.07) is 12.9. The number of hydrogen-bond donors (Lipinski definition) is 0. The fourth-order valence-electron chi connectivity index (χ4n) is 5.35. The summed E-state index contributed by atoms with van der Waals surface area (Å²) < 4.78 is 32.8. The molecule has 5 rings (SSSR count). The Hall–Kier alpha value is -3.84. The lowest BCUT2D eigenvalue weighted by Crippen LogP contribution is -3.00. The molecule has 39 heavy (non-hydrogen) atoms. The van der Waals surface area contributed by atoms with Crippen LogP contribution in [0.15, 0.2) is 55.1 Å². The lowest BCUT2D eigenvalue weighted by Gasteiger charge is -2.17. The largest absolute Gasteiger partial charge is 1.00 e. The van der Waals surface area contributed by atoms with Crippen LogP contribution in [0.2, 0.25) is 0 Å². The molecule has 0 radical (unpaired) electrons. The predicted molar refractivity (Wildman–Crippen MR) is 145 cm³/mol. The van der Waals surface area contributed by atoms with Crippen LogP contribution >= 0.6 is 0 Å². The van der Waals surface area contributed by atoms with Crippen molar-refractivity contribution in [1.29, 1.82) is 0 Å². The number of aromatic nitrogens is 2. The van der Waals surface area contributed by atoms with Crippen LogP contribution in [-0.4, -0.2) is 40.1 Å². The Labute approximate surface area is 236 Å². The minimum Gasteiger partial charge on any atom is -1.00 e. The van der Waals surface area contributed by atoms with E-state index in [1.54, 1.807) is 35.5 Å². The molecule has 0 saturated carbocycles. The van der Waals surface area contributed by atoms with Gasteiger partial charge in [-0.2, -0.15) is 0 Å². The van der Waals surface area contributed by atoms with Gasteiger partial charge in [0.05, 0.1) is 42.6 Å². The Morgan fingerprint density at radius 1 is 0.590 bits per heavy atom. The number of fused-ring (bicyclic) bond motifs is 3. The van der Waals surface area contributed by atoms with Crippen molar-refractivity contribution in [3.8, 4) is 28.7 Å². The molecule has 0 unspecified atom stereocenters. The number of aryl methyl sites for hydroxylation is 1. The normalized spacial score (nSPS) is 11.9. The maximum absolute atomic E-state index is 5.90. The standard InChI is InChI=1S/C31H35N2O5.ClH/c1-32-7-8-33(19-32)18-26-12-20-9-22-14-28(35-3)30(37-5)16-24(22)11-25-17-31(38-6)29(36-4)15-23(25)10-21(20)13-27(26)34-2;/h7-8,12-17,19H,9-11,18H2,1-6H3;1H/q+1;/p-1. The second-order valence-electron chi connectivity index (χ2n) is 9.67. The van der Waals surface area contributed by atoms with Gasteiger partial charge in [-0.05, 0) is 89.0 Å². The van der Waals surface area contributed by atoms with Gasteiger partial charge in [0.2, 0.25) is 6.33 Å². The fraction of sp³-hybridized carbons (Fsp3) is 0.323. The topological polar surface area (TPSA) is 55.0 Å². The third-order valence-corrected chi connectivity index (χ3v) is 7.33. The zero-order valence-corrected chi connectivity index (χ0v) is 24.1. The molecule has 1 heterocycles. The second kappa shape index (κ2) is 11.9. The second-order valence-corrected chi connectivity index (χ2v) is 9.67. The van der Waals surface area contributed by atoms with Crippen LogP contribution in [-0.2, 0) is 32.9 Å². The molecule has 8 heteroatoms. The minimum atomic E-state index is 0. The lowest BCUT2D eigenvalue weighted by molar-refractivity contribution is -0.671. The number of methoxy groups -OCH3 is 5. The highest BCUT2D eigenvalue weighted by Gasteiger charge is 2.22. The SMILES string of the molecule is COc1cc2c(cc1Cn1cc[n+](C)c1)Cc1cc(OC)c(OC)cc1Cc1cc(OC)c(OC)cc1C2.[Cl-]. The van der Waals surface area contributed by atoms with Gasteiger partial charge in [0, 0.05) is 5.56 Å². The molecular formula is C31H35ClN2O5. The monoisotopic (exact) mass is 550 g/mol. The molecule has 0 fully saturated rings. The molecule has 0 spiro atoms. The van der Waals surface area contributed by atoms with Crippen LogP contribution in [0.3, 0.4) is 0 Å². The molecule has 0 atom stereocenters. The molecule has 0 N–H and O–H groups in total. The van der Waals surface area contributed by atoms with E-state index in [1.165, 1.54) is 33.4 Å². The first kappa shape index (κ1) is 28.2. The summed E-state index contributed by atoms with van der Waals surface area (Å²) in [5.41, 5.74) is 8.39. The maximum atomic E-state index is 5.90. The van der Waals surface area contributed by atoms with Crippen molar-refractivity contribution in [2.24, 2.45) is 7.05 Å². The van der Waals surface area contributed by atoms with Crippen molar-refractivity contribution in [3.63, 3.8) is 0 Å². The molecular weight excluding hydrogens is 516 g/mol. The van der Waals surface area contributed by atoms with E-state index in [4.69, 9.17) is 23.7 Å². The third-order valence-electron chi connectivity index (χ3n) is 7.33. The number of nitrogens with zero attached hydrogens (tertiary/aromatic N) is 2. The zero-order chi connectivity index (χ0) is 26.8. The third kappa shape index (κ3) is 5.64. The Morgan fingerprint density at radius 3 is 1.28 bits per heavy atom. The van der Waals surface area contributed by atoms with E-state index in [2.05, 4.69) is 53.5 Å². The number of hydrogen-bond acceptors (Lipinski definition) is 5. The van der Waals surface area contributed by atoms with Crippen LogP contribution < -0.4 is 40.7 Å². The summed E-state index contributed by atoms with van der Waals surface area (Å²) in [5, 5.41) is 0. The van der Waals surface area contributed by atoms with E-state index in [0.29, 0.717) is 0 Å². The molecule has 1 aliphatic carbocycles. The average molecular weight is 551 g/mol. The number of halogens is 1. The van der Waals surface area contributed by atoms with E-state index in [0.717, 1.165) is 60.1 Å². The summed E-state index contributed by atoms with van der Waals surface area (Å²) in [6.45, 7) is 0.720. The highest BCUT2D eigenvalue weighted by Crippen LogP contribution is 2.39. The molecule has 0 aliphatic heterocycles. The number of imidazole rings is 1. The molecule has 1 aromatic heterocycles. The minimum absolute atomic E-state index is 0. The Kier molecular flexibility index (Phi) is 8.60. The Morgan fingerprint density at radius 2 is 0.949 bits per heavy atom. The van der Waals surface area contributed by atoms with Crippen molar-refractivity contribution in [3.05, 3.63) is 94.1 Å². The van der Waals surface area contributed by atoms with Crippen molar-refractivity contribution in [2.45, 2.75) is 25.8 Å². The van der Waals surface area contributed by atoms with Crippen LogP contribution in [0, 0.1) is 0 Å². The molecule has 0 saturated heterocycles. The van der Waals surface area contributed by atoms with E-state index in [1.807, 2.05) is 17.8 Å². The first-order valence-corrected chi connectivity index (χ1v) is 12.6. The molecule has 7 nitrogen and oxygen atoms in total. The van der Waals surface area contributed by atoms with Crippen molar-refractivity contribution >= 4 is 0 Å². The van der Waals surface area contributed by atoms with Gasteiger partial charge in [-0.1, -0.05) is 0 Å². The highest BCUT2D eigenvalue weighted by molar-refractivity contribution is 5.57. The Bertz CT molecular complexity index is 1470. The predicted octanol–water partition coefficient (Wildman–Crippen LogP) is 1.49. The average Bonchev–Trinajstić information content (AvgIpc) is 3.36. The van der Waals surface area contributed by atoms with E-state index >= 15 is 0 Å². The molecule has 206 valence electrons. The molecule has 0 bridgehead atoms. The number of benzene rings is 3. The van der Waals surface area contributed by atoms with Crippen LogP contribution in [0.25, 0.3) is 0 Å². The summed E-state index contributed by atoms with van der Waals surface area (Å²) in [5.74, 6) is 3.79. The lowest BCUT2D eigenvalue weighted by atomic mass is 9.92. The van der Waals surface area contributed by atoms with Crippen molar-refractivity contribution in [2.75, 3.05) is 35.5 Å². The fourth-order valence-corrected chi connectivity index (χ4v) is 5.35. The van der Waals surface area contributed by atoms with E-state index in [-0.39, 0.29) is 12.4 Å². The van der Waals surface area contributed by atoms with Gasteiger partial charge in [-0.3, -0.25) is 0 Å². The maximum Gasteiger partial charge on any atom is 0.243 e. The zero-order valence-electron chi connectivity index (χ0n) is 23.3. The van der Waals surface area contributed by atoms with Gasteiger partial charge in [0.1, 0.15) is 24.7 Å². The van der Waals surface area contributed by atoms with Gasteiger partial charge >= 0.3 is 0 Å². The van der Waals surface area contributed by atoms with Crippen LogP contribution in [0.5, 0.6) is 28.7 Å².